The van der Waals surface area contributed by atoms with Gasteiger partial charge in [-0.3, -0.25) is 0 Å². The lowest BCUT2D eigenvalue weighted by Crippen LogP contribution is -2.44. The molecule has 2 heteroatoms. The molecule has 0 spiro atoms. The lowest BCUT2D eigenvalue weighted by atomic mass is 9.70. The average Bonchev–Trinajstić information content (AvgIpc) is 2.57. The summed E-state index contributed by atoms with van der Waals surface area (Å²) in [5.41, 5.74) is 0.0200. The minimum absolute atomic E-state index is 0.0200. The summed E-state index contributed by atoms with van der Waals surface area (Å²) in [7, 11) is 0. The molecule has 0 N–H and O–H groups in total. The third-order valence-corrected chi connectivity index (χ3v) is 6.27. The molecule has 0 unspecified atom stereocenters. The Balaban J connectivity index is 1.76. The highest BCUT2D eigenvalue weighted by atomic mass is 15.2. The van der Waals surface area contributed by atoms with E-state index < -0.39 is 0 Å². The van der Waals surface area contributed by atoms with E-state index in [1.54, 1.807) is 0 Å². The van der Waals surface area contributed by atoms with Crippen molar-refractivity contribution in [1.82, 2.24) is 4.90 Å². The van der Waals surface area contributed by atoms with Crippen LogP contribution in [0, 0.1) is 22.7 Å². The van der Waals surface area contributed by atoms with Crippen LogP contribution >= 0.6 is 0 Å². The Bertz CT molecular complexity index is 341. The van der Waals surface area contributed by atoms with Crippen LogP contribution in [0.5, 0.6) is 0 Å². The smallest absolute Gasteiger partial charge is 0.0689 e. The number of rotatable bonds is 7. The standard InChI is InChI=1S/C20H36N2/c1-3-5-6-12-20(17-21)13-8-19(9-14-20)22-15-10-18(7-4-2)11-16-22/h18-19H,3-16H2,1-2H3/t19-,20-. The van der Waals surface area contributed by atoms with E-state index in [1.165, 1.54) is 70.9 Å². The normalized spacial score (nSPS) is 31.0. The highest BCUT2D eigenvalue weighted by molar-refractivity contribution is 5.03. The summed E-state index contributed by atoms with van der Waals surface area (Å²) in [6.45, 7) is 7.18. The molecule has 1 saturated heterocycles. The predicted molar refractivity (Wildman–Crippen MR) is 93.6 cm³/mol. The van der Waals surface area contributed by atoms with E-state index >= 15 is 0 Å². The Labute approximate surface area is 138 Å². The van der Waals surface area contributed by atoms with Gasteiger partial charge < -0.3 is 4.90 Å². The summed E-state index contributed by atoms with van der Waals surface area (Å²) >= 11 is 0. The SMILES string of the molecule is CCCCC[C@]1(C#N)CC[C@H](N2CCC(CCC)CC2)CC1. The van der Waals surface area contributed by atoms with Crippen LogP contribution in [0.4, 0.5) is 0 Å². The fourth-order valence-electron chi connectivity index (χ4n) is 4.67. The molecule has 0 bridgehead atoms. The number of nitrogens with zero attached hydrogens (tertiary/aromatic N) is 2. The molecular weight excluding hydrogens is 268 g/mol. The first-order valence-corrected chi connectivity index (χ1v) is 9.88. The fourth-order valence-corrected chi connectivity index (χ4v) is 4.67. The van der Waals surface area contributed by atoms with Crippen molar-refractivity contribution >= 4 is 0 Å². The van der Waals surface area contributed by atoms with Crippen LogP contribution in [0.25, 0.3) is 0 Å². The van der Waals surface area contributed by atoms with Crippen LogP contribution in [0.1, 0.15) is 90.9 Å². The van der Waals surface area contributed by atoms with Gasteiger partial charge in [-0.25, -0.2) is 0 Å². The maximum Gasteiger partial charge on any atom is 0.0689 e. The van der Waals surface area contributed by atoms with Gasteiger partial charge in [0.25, 0.3) is 0 Å². The summed E-state index contributed by atoms with van der Waals surface area (Å²) < 4.78 is 0. The van der Waals surface area contributed by atoms with Crippen molar-refractivity contribution in [1.29, 1.82) is 5.26 Å². The Hall–Kier alpha value is -0.550. The molecule has 1 aliphatic heterocycles. The highest BCUT2D eigenvalue weighted by Gasteiger charge is 2.37. The maximum absolute atomic E-state index is 9.67. The summed E-state index contributed by atoms with van der Waals surface area (Å²) in [5.74, 6) is 0.983. The number of unbranched alkanes of at least 4 members (excludes halogenated alkanes) is 2. The summed E-state index contributed by atoms with van der Waals surface area (Å²) in [6, 6.07) is 3.48. The molecule has 22 heavy (non-hydrogen) atoms. The Morgan fingerprint density at radius 1 is 1.00 bits per heavy atom. The minimum Gasteiger partial charge on any atom is -0.300 e. The molecule has 1 saturated carbocycles. The topological polar surface area (TPSA) is 27.0 Å². The van der Waals surface area contributed by atoms with E-state index in [0.29, 0.717) is 0 Å². The quantitative estimate of drug-likeness (QED) is 0.578. The molecule has 2 fully saturated rings. The molecule has 0 radical (unpaired) electrons. The molecule has 2 rings (SSSR count). The van der Waals surface area contributed by atoms with Crippen LogP contribution in [0.2, 0.25) is 0 Å². The van der Waals surface area contributed by atoms with Gasteiger partial charge in [-0.2, -0.15) is 5.26 Å². The maximum atomic E-state index is 9.67. The van der Waals surface area contributed by atoms with E-state index in [1.807, 2.05) is 0 Å². The third kappa shape index (κ3) is 4.72. The van der Waals surface area contributed by atoms with E-state index in [0.717, 1.165) is 31.2 Å². The van der Waals surface area contributed by atoms with Crippen molar-refractivity contribution in [3.8, 4) is 6.07 Å². The first kappa shape index (κ1) is 17.8. The number of piperidine rings is 1. The molecule has 2 aliphatic rings. The second-order valence-electron chi connectivity index (χ2n) is 7.85. The van der Waals surface area contributed by atoms with Crippen LogP contribution in [-0.4, -0.2) is 24.0 Å². The van der Waals surface area contributed by atoms with Gasteiger partial charge in [-0.05, 0) is 64.0 Å². The number of nitriles is 1. The average molecular weight is 305 g/mol. The van der Waals surface area contributed by atoms with Gasteiger partial charge in [0.05, 0.1) is 11.5 Å². The van der Waals surface area contributed by atoms with Gasteiger partial charge in [0.2, 0.25) is 0 Å². The van der Waals surface area contributed by atoms with Crippen molar-refractivity contribution in [3.05, 3.63) is 0 Å². The number of hydrogen-bond acceptors (Lipinski definition) is 2. The van der Waals surface area contributed by atoms with Crippen molar-refractivity contribution in [3.63, 3.8) is 0 Å². The zero-order valence-electron chi connectivity index (χ0n) is 14.9. The predicted octanol–water partition coefficient (Wildman–Crippen LogP) is 5.53. The molecule has 0 amide bonds. The van der Waals surface area contributed by atoms with E-state index in [-0.39, 0.29) is 5.41 Å². The fraction of sp³-hybridized carbons (Fsp3) is 0.950. The lowest BCUT2D eigenvalue weighted by Gasteiger charge is -2.43. The summed E-state index contributed by atoms with van der Waals surface area (Å²) in [6.07, 6.45) is 15.3. The zero-order chi connectivity index (χ0) is 15.8. The highest BCUT2D eigenvalue weighted by Crippen LogP contribution is 2.42. The second-order valence-corrected chi connectivity index (χ2v) is 7.85. The first-order chi connectivity index (χ1) is 10.7. The van der Waals surface area contributed by atoms with Gasteiger partial charge in [0, 0.05) is 6.04 Å². The Kier molecular flexibility index (Phi) is 7.22. The molecule has 0 aromatic carbocycles. The molecule has 1 heterocycles. The van der Waals surface area contributed by atoms with Gasteiger partial charge in [0.1, 0.15) is 0 Å². The van der Waals surface area contributed by atoms with E-state index in [9.17, 15) is 5.26 Å². The Morgan fingerprint density at radius 3 is 2.23 bits per heavy atom. The minimum atomic E-state index is 0.0200. The van der Waals surface area contributed by atoms with Gasteiger partial charge in [0.15, 0.2) is 0 Å². The largest absolute Gasteiger partial charge is 0.300 e. The molecule has 0 aromatic rings. The van der Waals surface area contributed by atoms with Crippen LogP contribution in [-0.2, 0) is 0 Å². The number of likely N-dealkylation sites (tertiary alicyclic amines) is 1. The molecule has 1 aliphatic carbocycles. The van der Waals surface area contributed by atoms with Gasteiger partial charge >= 0.3 is 0 Å². The second kappa shape index (κ2) is 8.92. The van der Waals surface area contributed by atoms with E-state index in [2.05, 4.69) is 24.8 Å². The van der Waals surface area contributed by atoms with Crippen molar-refractivity contribution < 1.29 is 0 Å². The summed E-state index contributed by atoms with van der Waals surface area (Å²) in [5, 5.41) is 9.67. The van der Waals surface area contributed by atoms with Gasteiger partial charge in [-0.1, -0.05) is 46.0 Å². The van der Waals surface area contributed by atoms with Crippen molar-refractivity contribution in [2.75, 3.05) is 13.1 Å². The zero-order valence-corrected chi connectivity index (χ0v) is 14.9. The third-order valence-electron chi connectivity index (χ3n) is 6.27. The molecule has 126 valence electrons. The summed E-state index contributed by atoms with van der Waals surface area (Å²) in [4.78, 5) is 2.75. The lowest BCUT2D eigenvalue weighted by molar-refractivity contribution is 0.0758. The monoisotopic (exact) mass is 304 g/mol. The molecular formula is C20H36N2. The Morgan fingerprint density at radius 2 is 1.68 bits per heavy atom. The van der Waals surface area contributed by atoms with E-state index in [4.69, 9.17) is 0 Å². The molecule has 2 nitrogen and oxygen atoms in total. The van der Waals surface area contributed by atoms with Crippen LogP contribution < -0.4 is 0 Å². The van der Waals surface area contributed by atoms with Crippen molar-refractivity contribution in [2.24, 2.45) is 11.3 Å². The van der Waals surface area contributed by atoms with Crippen LogP contribution in [0.15, 0.2) is 0 Å². The number of hydrogen-bond donors (Lipinski definition) is 0. The molecule has 0 aromatic heterocycles. The van der Waals surface area contributed by atoms with Crippen molar-refractivity contribution in [2.45, 2.75) is 96.9 Å². The first-order valence-electron chi connectivity index (χ1n) is 9.88. The molecule has 0 atom stereocenters. The van der Waals surface area contributed by atoms with Gasteiger partial charge in [-0.15, -0.1) is 0 Å². The van der Waals surface area contributed by atoms with Crippen LogP contribution in [0.3, 0.4) is 0 Å².